The van der Waals surface area contributed by atoms with E-state index in [0.717, 1.165) is 32.7 Å². The third kappa shape index (κ3) is 7.67. The van der Waals surface area contributed by atoms with E-state index in [-0.39, 0.29) is 23.9 Å². The van der Waals surface area contributed by atoms with Gasteiger partial charge in [0.2, 0.25) is 11.8 Å². The smallest absolute Gasteiger partial charge is 0.239 e. The van der Waals surface area contributed by atoms with E-state index in [1.165, 1.54) is 5.56 Å². The number of nitrogens with one attached hydrogen (secondary N) is 2. The van der Waals surface area contributed by atoms with E-state index in [0.29, 0.717) is 6.54 Å². The molecule has 1 aromatic rings. The summed E-state index contributed by atoms with van der Waals surface area (Å²) in [6, 6.07) is 10.4. The Morgan fingerprint density at radius 1 is 0.960 bits per heavy atom. The first-order valence-corrected chi connectivity index (χ1v) is 8.88. The van der Waals surface area contributed by atoms with Crippen molar-refractivity contribution >= 4 is 11.8 Å². The molecule has 138 valence electrons. The molecule has 0 radical (unpaired) electrons. The molecule has 2 amide bonds. The summed E-state index contributed by atoms with van der Waals surface area (Å²) in [5.74, 6) is -0.255. The predicted octanol–water partition coefficient (Wildman–Crippen LogP) is 0.835. The van der Waals surface area contributed by atoms with Crippen LogP contribution >= 0.6 is 0 Å². The van der Waals surface area contributed by atoms with Crippen LogP contribution in [0.2, 0.25) is 0 Å². The van der Waals surface area contributed by atoms with Gasteiger partial charge in [-0.1, -0.05) is 30.3 Å². The van der Waals surface area contributed by atoms with Gasteiger partial charge in [0.25, 0.3) is 0 Å². The van der Waals surface area contributed by atoms with Crippen LogP contribution in [0.25, 0.3) is 0 Å². The molecule has 1 saturated heterocycles. The first-order valence-electron chi connectivity index (χ1n) is 8.88. The SMILES string of the molecule is CC(C)(C)NC(=O)CNC(=O)CN1CCN(Cc2ccccc2)CC1. The number of carbonyl (C=O) groups is 2. The van der Waals surface area contributed by atoms with Crippen molar-refractivity contribution in [2.24, 2.45) is 0 Å². The van der Waals surface area contributed by atoms with Crippen LogP contribution in [0, 0.1) is 0 Å². The highest BCUT2D eigenvalue weighted by atomic mass is 16.2. The molecule has 6 nitrogen and oxygen atoms in total. The third-order valence-electron chi connectivity index (χ3n) is 4.04. The molecule has 0 saturated carbocycles. The first-order chi connectivity index (χ1) is 11.8. The van der Waals surface area contributed by atoms with Gasteiger partial charge in [0, 0.05) is 38.3 Å². The molecule has 1 aromatic carbocycles. The highest BCUT2D eigenvalue weighted by Gasteiger charge is 2.19. The Morgan fingerprint density at radius 3 is 2.16 bits per heavy atom. The van der Waals surface area contributed by atoms with Gasteiger partial charge in [-0.2, -0.15) is 0 Å². The minimum Gasteiger partial charge on any atom is -0.350 e. The molecule has 0 unspecified atom stereocenters. The number of hydrogen-bond acceptors (Lipinski definition) is 4. The van der Waals surface area contributed by atoms with Gasteiger partial charge in [-0.15, -0.1) is 0 Å². The van der Waals surface area contributed by atoms with Gasteiger partial charge in [0.15, 0.2) is 0 Å². The third-order valence-corrected chi connectivity index (χ3v) is 4.04. The maximum Gasteiger partial charge on any atom is 0.239 e. The van der Waals surface area contributed by atoms with E-state index in [1.807, 2.05) is 26.8 Å². The number of amides is 2. The Kier molecular flexibility index (Phi) is 6.96. The molecule has 0 atom stereocenters. The minimum absolute atomic E-state index is 0.0318. The second kappa shape index (κ2) is 8.97. The summed E-state index contributed by atoms with van der Waals surface area (Å²) in [7, 11) is 0. The number of nitrogens with zero attached hydrogens (tertiary/aromatic N) is 2. The maximum atomic E-state index is 12.0. The second-order valence-electron chi connectivity index (χ2n) is 7.61. The van der Waals surface area contributed by atoms with Crippen LogP contribution in [0.1, 0.15) is 26.3 Å². The standard InChI is InChI=1S/C19H30N4O2/c1-19(2,3)21-17(24)13-20-18(25)15-23-11-9-22(10-12-23)14-16-7-5-4-6-8-16/h4-8H,9-15H2,1-3H3,(H,20,25)(H,21,24). The molecular formula is C19H30N4O2. The van der Waals surface area contributed by atoms with Crippen LogP contribution < -0.4 is 10.6 Å². The van der Waals surface area contributed by atoms with Crippen LogP contribution in [0.3, 0.4) is 0 Å². The monoisotopic (exact) mass is 346 g/mol. The van der Waals surface area contributed by atoms with Crippen molar-refractivity contribution < 1.29 is 9.59 Å². The van der Waals surface area contributed by atoms with Gasteiger partial charge in [-0.25, -0.2) is 0 Å². The van der Waals surface area contributed by atoms with Crippen molar-refractivity contribution in [3.05, 3.63) is 35.9 Å². The summed E-state index contributed by atoms with van der Waals surface area (Å²) in [6.45, 7) is 10.7. The lowest BCUT2D eigenvalue weighted by atomic mass is 10.1. The first kappa shape index (κ1) is 19.4. The number of hydrogen-bond donors (Lipinski definition) is 2. The molecule has 1 heterocycles. The number of benzene rings is 1. The predicted molar refractivity (Wildman–Crippen MR) is 99.1 cm³/mol. The van der Waals surface area contributed by atoms with Crippen molar-refractivity contribution in [1.29, 1.82) is 0 Å². The van der Waals surface area contributed by atoms with Gasteiger partial charge >= 0.3 is 0 Å². The van der Waals surface area contributed by atoms with Gasteiger partial charge in [0.05, 0.1) is 13.1 Å². The quantitative estimate of drug-likeness (QED) is 0.801. The number of carbonyl (C=O) groups excluding carboxylic acids is 2. The van der Waals surface area contributed by atoms with Gasteiger partial charge in [0.1, 0.15) is 0 Å². The van der Waals surface area contributed by atoms with Crippen LogP contribution in [0.5, 0.6) is 0 Å². The van der Waals surface area contributed by atoms with E-state index >= 15 is 0 Å². The molecule has 0 spiro atoms. The van der Waals surface area contributed by atoms with E-state index < -0.39 is 0 Å². The maximum absolute atomic E-state index is 12.0. The summed E-state index contributed by atoms with van der Waals surface area (Å²) in [4.78, 5) is 28.3. The van der Waals surface area contributed by atoms with Crippen molar-refractivity contribution in [2.45, 2.75) is 32.9 Å². The Balaban J connectivity index is 1.64. The zero-order valence-corrected chi connectivity index (χ0v) is 15.5. The molecule has 25 heavy (non-hydrogen) atoms. The zero-order chi connectivity index (χ0) is 18.3. The second-order valence-corrected chi connectivity index (χ2v) is 7.61. The Bertz CT molecular complexity index is 561. The van der Waals surface area contributed by atoms with Crippen LogP contribution in [0.15, 0.2) is 30.3 Å². The largest absolute Gasteiger partial charge is 0.350 e. The lowest BCUT2D eigenvalue weighted by Gasteiger charge is -2.34. The summed E-state index contributed by atoms with van der Waals surface area (Å²) in [5.41, 5.74) is 1.04. The molecule has 1 aliphatic rings. The Labute approximate surface area is 150 Å². The fourth-order valence-corrected chi connectivity index (χ4v) is 2.85. The number of rotatable bonds is 6. The van der Waals surface area contributed by atoms with E-state index in [2.05, 4.69) is 44.7 Å². The fourth-order valence-electron chi connectivity index (χ4n) is 2.85. The Hall–Kier alpha value is -1.92. The van der Waals surface area contributed by atoms with Gasteiger partial charge in [-0.3, -0.25) is 19.4 Å². The zero-order valence-electron chi connectivity index (χ0n) is 15.5. The van der Waals surface area contributed by atoms with Crippen molar-refractivity contribution in [2.75, 3.05) is 39.3 Å². The van der Waals surface area contributed by atoms with E-state index in [9.17, 15) is 9.59 Å². The lowest BCUT2D eigenvalue weighted by molar-refractivity contribution is -0.127. The highest BCUT2D eigenvalue weighted by molar-refractivity contribution is 5.85. The summed E-state index contributed by atoms with van der Waals surface area (Å²) < 4.78 is 0. The molecule has 1 aliphatic heterocycles. The summed E-state index contributed by atoms with van der Waals surface area (Å²) in [5, 5.41) is 5.53. The fraction of sp³-hybridized carbons (Fsp3) is 0.579. The Morgan fingerprint density at radius 2 is 1.56 bits per heavy atom. The highest BCUT2D eigenvalue weighted by Crippen LogP contribution is 2.08. The molecule has 2 rings (SSSR count). The summed E-state index contributed by atoms with van der Waals surface area (Å²) in [6.07, 6.45) is 0. The van der Waals surface area contributed by atoms with Crippen molar-refractivity contribution in [3.8, 4) is 0 Å². The molecule has 6 heteroatoms. The van der Waals surface area contributed by atoms with E-state index in [1.54, 1.807) is 0 Å². The molecule has 0 aliphatic carbocycles. The van der Waals surface area contributed by atoms with Crippen LogP contribution in [-0.4, -0.2) is 66.4 Å². The van der Waals surface area contributed by atoms with Crippen LogP contribution in [0.4, 0.5) is 0 Å². The molecule has 0 aromatic heterocycles. The van der Waals surface area contributed by atoms with Gasteiger partial charge < -0.3 is 10.6 Å². The minimum atomic E-state index is -0.281. The average molecular weight is 346 g/mol. The van der Waals surface area contributed by atoms with Gasteiger partial charge in [-0.05, 0) is 26.3 Å². The topological polar surface area (TPSA) is 64.7 Å². The molecular weight excluding hydrogens is 316 g/mol. The molecule has 1 fully saturated rings. The number of piperazine rings is 1. The normalized spacial score (nSPS) is 16.4. The summed E-state index contributed by atoms with van der Waals surface area (Å²) >= 11 is 0. The van der Waals surface area contributed by atoms with E-state index in [4.69, 9.17) is 0 Å². The lowest BCUT2D eigenvalue weighted by Crippen LogP contribution is -2.50. The van der Waals surface area contributed by atoms with Crippen LogP contribution in [-0.2, 0) is 16.1 Å². The van der Waals surface area contributed by atoms with Crippen molar-refractivity contribution in [1.82, 2.24) is 20.4 Å². The molecule has 0 bridgehead atoms. The molecule has 2 N–H and O–H groups in total. The average Bonchev–Trinajstić information content (AvgIpc) is 2.54. The van der Waals surface area contributed by atoms with Crippen molar-refractivity contribution in [3.63, 3.8) is 0 Å².